The first-order valence-corrected chi connectivity index (χ1v) is 5.98. The number of benzene rings is 1. The number of rotatable bonds is 6. The number of carbonyl (C=O) groups excluding carboxylic acids is 1. The van der Waals surface area contributed by atoms with Crippen LogP contribution in [0.25, 0.3) is 0 Å². The van der Waals surface area contributed by atoms with Gasteiger partial charge in [0.05, 0.1) is 10.6 Å². The number of carbonyl (C=O) groups is 1. The standard InChI is InChI=1S/C11H11ClF2N2O3/c12-4-2-1-3-11(17)15-9-6-10(16(18)19)8(14)5-7(9)13/h5-6H,1-4H2,(H,15,17). The lowest BCUT2D eigenvalue weighted by molar-refractivity contribution is -0.387. The van der Waals surface area contributed by atoms with Gasteiger partial charge in [0, 0.05) is 24.4 Å². The SMILES string of the molecule is O=C(CCCCCl)Nc1cc([N+](=O)[O-])c(F)cc1F. The summed E-state index contributed by atoms with van der Waals surface area (Å²) in [5, 5.41) is 12.7. The molecule has 0 spiro atoms. The van der Waals surface area contributed by atoms with E-state index in [0.717, 1.165) is 0 Å². The van der Waals surface area contributed by atoms with Crippen LogP contribution in [-0.4, -0.2) is 16.7 Å². The van der Waals surface area contributed by atoms with E-state index >= 15 is 0 Å². The van der Waals surface area contributed by atoms with Crippen molar-refractivity contribution in [2.45, 2.75) is 19.3 Å². The van der Waals surface area contributed by atoms with Gasteiger partial charge in [0.15, 0.2) is 0 Å². The molecule has 1 amide bonds. The fourth-order valence-electron chi connectivity index (χ4n) is 1.37. The highest BCUT2D eigenvalue weighted by molar-refractivity contribution is 6.17. The van der Waals surface area contributed by atoms with Gasteiger partial charge in [-0.2, -0.15) is 4.39 Å². The first-order chi connectivity index (χ1) is 8.95. The second kappa shape index (κ2) is 6.98. The maximum absolute atomic E-state index is 13.3. The summed E-state index contributed by atoms with van der Waals surface area (Å²) in [5.41, 5.74) is -1.30. The lowest BCUT2D eigenvalue weighted by atomic mass is 10.2. The Kier molecular flexibility index (Phi) is 5.62. The smallest absolute Gasteiger partial charge is 0.307 e. The van der Waals surface area contributed by atoms with Crippen molar-refractivity contribution in [1.82, 2.24) is 0 Å². The van der Waals surface area contributed by atoms with Crippen LogP contribution in [0.1, 0.15) is 19.3 Å². The number of amides is 1. The number of alkyl halides is 1. The van der Waals surface area contributed by atoms with Crippen LogP contribution >= 0.6 is 11.6 Å². The van der Waals surface area contributed by atoms with Crippen molar-refractivity contribution in [2.75, 3.05) is 11.2 Å². The molecule has 0 saturated carbocycles. The van der Waals surface area contributed by atoms with E-state index in [2.05, 4.69) is 5.32 Å². The van der Waals surface area contributed by atoms with Gasteiger partial charge < -0.3 is 5.32 Å². The number of nitrogens with one attached hydrogen (secondary N) is 1. The molecule has 0 aliphatic rings. The number of halogens is 3. The van der Waals surface area contributed by atoms with Gasteiger partial charge in [-0.3, -0.25) is 14.9 Å². The van der Waals surface area contributed by atoms with Crippen molar-refractivity contribution in [3.63, 3.8) is 0 Å². The van der Waals surface area contributed by atoms with Crippen molar-refractivity contribution in [3.05, 3.63) is 33.9 Å². The molecule has 0 aliphatic heterocycles. The summed E-state index contributed by atoms with van der Waals surface area (Å²) in [6.07, 6.45) is 1.25. The highest BCUT2D eigenvalue weighted by Crippen LogP contribution is 2.25. The molecule has 0 atom stereocenters. The highest BCUT2D eigenvalue weighted by atomic mass is 35.5. The number of unbranched alkanes of at least 4 members (excludes halogenated alkanes) is 1. The average Bonchev–Trinajstić information content (AvgIpc) is 2.32. The summed E-state index contributed by atoms with van der Waals surface area (Å²) in [7, 11) is 0. The second-order valence-electron chi connectivity index (χ2n) is 3.73. The molecular formula is C11H11ClF2N2O3. The Hall–Kier alpha value is -1.76. The first-order valence-electron chi connectivity index (χ1n) is 5.45. The summed E-state index contributed by atoms with van der Waals surface area (Å²) >= 11 is 5.44. The molecule has 0 heterocycles. The number of hydrogen-bond donors (Lipinski definition) is 1. The number of anilines is 1. The predicted octanol–water partition coefficient (Wildman–Crippen LogP) is 3.22. The zero-order valence-corrected chi connectivity index (χ0v) is 10.5. The maximum atomic E-state index is 13.3. The molecular weight excluding hydrogens is 282 g/mol. The number of nitro benzene ring substituents is 1. The summed E-state index contributed by atoms with van der Waals surface area (Å²) in [6.45, 7) is 0. The second-order valence-corrected chi connectivity index (χ2v) is 4.11. The quantitative estimate of drug-likeness (QED) is 0.379. The minimum absolute atomic E-state index is 0.108. The van der Waals surface area contributed by atoms with Crippen molar-refractivity contribution in [1.29, 1.82) is 0 Å². The Balaban J connectivity index is 2.80. The molecule has 0 bridgehead atoms. The van der Waals surface area contributed by atoms with Gasteiger partial charge in [-0.25, -0.2) is 4.39 Å². The third-order valence-electron chi connectivity index (χ3n) is 2.29. The molecule has 8 heteroatoms. The Morgan fingerprint density at radius 3 is 2.58 bits per heavy atom. The monoisotopic (exact) mass is 292 g/mol. The van der Waals surface area contributed by atoms with Crippen molar-refractivity contribution in [3.8, 4) is 0 Å². The van der Waals surface area contributed by atoms with Crippen LogP contribution < -0.4 is 5.32 Å². The van der Waals surface area contributed by atoms with E-state index in [1.54, 1.807) is 0 Å². The molecule has 104 valence electrons. The third-order valence-corrected chi connectivity index (χ3v) is 2.56. The van der Waals surface area contributed by atoms with Gasteiger partial charge in [-0.1, -0.05) is 0 Å². The van der Waals surface area contributed by atoms with E-state index in [1.807, 2.05) is 0 Å². The Labute approximate surface area is 112 Å². The van der Waals surface area contributed by atoms with Crippen LogP contribution in [0.15, 0.2) is 12.1 Å². The van der Waals surface area contributed by atoms with Crippen molar-refractivity contribution in [2.24, 2.45) is 0 Å². The van der Waals surface area contributed by atoms with E-state index in [0.29, 0.717) is 30.9 Å². The number of hydrogen-bond acceptors (Lipinski definition) is 3. The number of nitrogens with zero attached hydrogens (tertiary/aromatic N) is 1. The molecule has 0 radical (unpaired) electrons. The van der Waals surface area contributed by atoms with Crippen LogP contribution in [-0.2, 0) is 4.79 Å². The molecule has 1 aromatic rings. The molecule has 19 heavy (non-hydrogen) atoms. The van der Waals surface area contributed by atoms with E-state index in [9.17, 15) is 23.7 Å². The average molecular weight is 293 g/mol. The van der Waals surface area contributed by atoms with Crippen LogP contribution in [0, 0.1) is 21.7 Å². The zero-order chi connectivity index (χ0) is 14.4. The molecule has 1 aromatic carbocycles. The van der Waals surface area contributed by atoms with Gasteiger partial charge in [-0.15, -0.1) is 11.6 Å². The largest absolute Gasteiger partial charge is 0.323 e. The van der Waals surface area contributed by atoms with Gasteiger partial charge >= 0.3 is 5.69 Å². The lowest BCUT2D eigenvalue weighted by Crippen LogP contribution is -2.13. The van der Waals surface area contributed by atoms with Crippen LogP contribution in [0.4, 0.5) is 20.2 Å². The number of nitro groups is 1. The topological polar surface area (TPSA) is 72.2 Å². The normalized spacial score (nSPS) is 10.3. The Morgan fingerprint density at radius 1 is 1.32 bits per heavy atom. The molecule has 0 aliphatic carbocycles. The molecule has 1 rings (SSSR count). The molecule has 0 fully saturated rings. The van der Waals surface area contributed by atoms with Crippen LogP contribution in [0.3, 0.4) is 0 Å². The fourth-order valence-corrected chi connectivity index (χ4v) is 1.55. The summed E-state index contributed by atoms with van der Waals surface area (Å²) in [6, 6.07) is 1.02. The lowest BCUT2D eigenvalue weighted by Gasteiger charge is -2.06. The first kappa shape index (κ1) is 15.3. The molecule has 0 unspecified atom stereocenters. The van der Waals surface area contributed by atoms with Gasteiger partial charge in [-0.05, 0) is 12.8 Å². The highest BCUT2D eigenvalue weighted by Gasteiger charge is 2.19. The zero-order valence-electron chi connectivity index (χ0n) is 9.79. The van der Waals surface area contributed by atoms with Crippen LogP contribution in [0.5, 0.6) is 0 Å². The molecule has 5 nitrogen and oxygen atoms in total. The minimum Gasteiger partial charge on any atom is -0.323 e. The Bertz CT molecular complexity index is 497. The van der Waals surface area contributed by atoms with E-state index in [-0.39, 0.29) is 6.42 Å². The minimum atomic E-state index is -1.29. The fraction of sp³-hybridized carbons (Fsp3) is 0.364. The predicted molar refractivity (Wildman–Crippen MR) is 66.2 cm³/mol. The van der Waals surface area contributed by atoms with E-state index in [4.69, 9.17) is 11.6 Å². The van der Waals surface area contributed by atoms with Gasteiger partial charge in [0.25, 0.3) is 0 Å². The summed E-state index contributed by atoms with van der Waals surface area (Å²) in [5.74, 6) is -2.45. The third kappa shape index (κ3) is 4.44. The molecule has 1 N–H and O–H groups in total. The Morgan fingerprint density at radius 2 is 2.00 bits per heavy atom. The van der Waals surface area contributed by atoms with Crippen LogP contribution in [0.2, 0.25) is 0 Å². The molecule has 0 saturated heterocycles. The van der Waals surface area contributed by atoms with Gasteiger partial charge in [0.1, 0.15) is 5.82 Å². The summed E-state index contributed by atoms with van der Waals surface area (Å²) < 4.78 is 26.4. The van der Waals surface area contributed by atoms with Crippen molar-refractivity contribution >= 4 is 28.9 Å². The van der Waals surface area contributed by atoms with E-state index in [1.165, 1.54) is 0 Å². The van der Waals surface area contributed by atoms with Crippen molar-refractivity contribution < 1.29 is 18.5 Å². The summed E-state index contributed by atoms with van der Waals surface area (Å²) in [4.78, 5) is 20.9. The van der Waals surface area contributed by atoms with Gasteiger partial charge in [0.2, 0.25) is 11.7 Å². The maximum Gasteiger partial charge on any atom is 0.307 e. The van der Waals surface area contributed by atoms with E-state index < -0.39 is 33.8 Å². The molecule has 0 aromatic heterocycles.